The van der Waals surface area contributed by atoms with Crippen molar-refractivity contribution in [3.63, 3.8) is 0 Å². The predicted molar refractivity (Wildman–Crippen MR) is 119 cm³/mol. The molecule has 9 nitrogen and oxygen atoms in total. The molecule has 3 rings (SSSR count). The maximum atomic E-state index is 10.8. The summed E-state index contributed by atoms with van der Waals surface area (Å²) in [5, 5.41) is 25.8. The highest BCUT2D eigenvalue weighted by atomic mass is 35.5. The van der Waals surface area contributed by atoms with E-state index in [4.69, 9.17) is 32.8 Å². The van der Waals surface area contributed by atoms with Gasteiger partial charge >= 0.3 is 0 Å². The zero-order valence-corrected chi connectivity index (χ0v) is 17.8. The Labute approximate surface area is 192 Å². The fraction of sp³-hybridized carbons (Fsp3) is 0.0952. The summed E-state index contributed by atoms with van der Waals surface area (Å²) >= 11 is 12.5. The lowest BCUT2D eigenvalue weighted by molar-refractivity contribution is -0.385. The molecule has 0 saturated carbocycles. The van der Waals surface area contributed by atoms with Crippen LogP contribution in [0.3, 0.4) is 0 Å². The Morgan fingerprint density at radius 1 is 0.844 bits per heavy atom. The lowest BCUT2D eigenvalue weighted by Crippen LogP contribution is -1.98. The summed E-state index contributed by atoms with van der Waals surface area (Å²) in [4.78, 5) is 25.7. The van der Waals surface area contributed by atoms with Crippen molar-refractivity contribution in [2.75, 3.05) is 0 Å². The number of non-ortho nitro benzene ring substituents is 2. The molecule has 11 heteroatoms. The molecule has 0 aliphatic carbocycles. The Balaban J connectivity index is 1.59. The van der Waals surface area contributed by atoms with Crippen LogP contribution in [0.1, 0.15) is 16.7 Å². The van der Waals surface area contributed by atoms with E-state index >= 15 is 0 Å². The van der Waals surface area contributed by atoms with Crippen LogP contribution >= 0.6 is 23.2 Å². The van der Waals surface area contributed by atoms with E-state index in [0.717, 1.165) is 0 Å². The monoisotopic (exact) mass is 475 g/mol. The predicted octanol–water partition coefficient (Wildman–Crippen LogP) is 5.94. The number of hydrogen-bond donors (Lipinski definition) is 0. The number of ether oxygens (including phenoxy) is 1. The van der Waals surface area contributed by atoms with Crippen molar-refractivity contribution < 1.29 is 19.4 Å². The molecule has 0 heterocycles. The molecule has 0 unspecified atom stereocenters. The van der Waals surface area contributed by atoms with Crippen molar-refractivity contribution in [2.45, 2.75) is 13.2 Å². The van der Waals surface area contributed by atoms with Gasteiger partial charge in [-0.15, -0.1) is 0 Å². The number of oxime groups is 1. The van der Waals surface area contributed by atoms with Crippen molar-refractivity contribution in [3.05, 3.63) is 108 Å². The molecule has 0 N–H and O–H groups in total. The van der Waals surface area contributed by atoms with Gasteiger partial charge in [0.1, 0.15) is 13.2 Å². The summed E-state index contributed by atoms with van der Waals surface area (Å²) in [7, 11) is 0. The Bertz CT molecular complexity index is 1150. The highest BCUT2D eigenvalue weighted by molar-refractivity contribution is 6.37. The van der Waals surface area contributed by atoms with Crippen molar-refractivity contribution in [1.29, 1.82) is 0 Å². The van der Waals surface area contributed by atoms with Crippen LogP contribution in [0.2, 0.25) is 10.0 Å². The number of halogens is 2. The highest BCUT2D eigenvalue weighted by Gasteiger charge is 2.11. The van der Waals surface area contributed by atoms with Crippen molar-refractivity contribution in [3.8, 4) is 5.75 Å². The lowest BCUT2D eigenvalue weighted by atomic mass is 10.2. The van der Waals surface area contributed by atoms with Crippen LogP contribution in [0.5, 0.6) is 5.75 Å². The van der Waals surface area contributed by atoms with E-state index in [-0.39, 0.29) is 40.4 Å². The van der Waals surface area contributed by atoms with E-state index in [9.17, 15) is 20.2 Å². The van der Waals surface area contributed by atoms with Crippen LogP contribution in [0.25, 0.3) is 0 Å². The Kier molecular flexibility index (Phi) is 7.58. The summed E-state index contributed by atoms with van der Waals surface area (Å²) < 4.78 is 5.66. The molecule has 3 aromatic rings. The van der Waals surface area contributed by atoms with E-state index in [1.165, 1.54) is 30.5 Å². The van der Waals surface area contributed by atoms with Crippen LogP contribution in [-0.2, 0) is 18.1 Å². The second-order valence-electron chi connectivity index (χ2n) is 6.46. The van der Waals surface area contributed by atoms with Gasteiger partial charge in [0.2, 0.25) is 0 Å². The van der Waals surface area contributed by atoms with Gasteiger partial charge in [0, 0.05) is 24.3 Å². The third kappa shape index (κ3) is 6.16. The molecule has 0 saturated heterocycles. The average molecular weight is 476 g/mol. The number of nitro groups is 2. The molecule has 164 valence electrons. The maximum absolute atomic E-state index is 10.8. The summed E-state index contributed by atoms with van der Waals surface area (Å²) in [6.45, 7) is 0.174. The van der Waals surface area contributed by atoms with E-state index in [1.807, 2.05) is 0 Å². The molecule has 32 heavy (non-hydrogen) atoms. The van der Waals surface area contributed by atoms with E-state index in [1.54, 1.807) is 36.4 Å². The first-order valence-electron chi connectivity index (χ1n) is 9.07. The van der Waals surface area contributed by atoms with Gasteiger partial charge in [-0.1, -0.05) is 40.5 Å². The molecule has 0 aliphatic rings. The molecule has 0 aliphatic heterocycles. The second kappa shape index (κ2) is 10.6. The molecule has 3 aromatic carbocycles. The highest BCUT2D eigenvalue weighted by Crippen LogP contribution is 2.34. The van der Waals surface area contributed by atoms with Gasteiger partial charge in [-0.3, -0.25) is 20.2 Å². The number of hydrogen-bond acceptors (Lipinski definition) is 7. The van der Waals surface area contributed by atoms with Crippen LogP contribution < -0.4 is 4.74 Å². The summed E-state index contributed by atoms with van der Waals surface area (Å²) in [5.41, 5.74) is 1.83. The van der Waals surface area contributed by atoms with E-state index in [0.29, 0.717) is 16.7 Å². The first-order valence-corrected chi connectivity index (χ1v) is 9.83. The van der Waals surface area contributed by atoms with Gasteiger partial charge in [0.05, 0.1) is 26.1 Å². The fourth-order valence-electron chi connectivity index (χ4n) is 2.63. The van der Waals surface area contributed by atoms with Crippen molar-refractivity contribution in [2.24, 2.45) is 5.16 Å². The molecule has 0 radical (unpaired) electrons. The first-order chi connectivity index (χ1) is 15.3. The minimum Gasteiger partial charge on any atom is -0.486 e. The van der Waals surface area contributed by atoms with E-state index in [2.05, 4.69) is 5.16 Å². The molecule has 0 bridgehead atoms. The summed E-state index contributed by atoms with van der Waals surface area (Å²) in [6.07, 6.45) is 1.40. The van der Waals surface area contributed by atoms with Crippen LogP contribution in [0.4, 0.5) is 11.4 Å². The van der Waals surface area contributed by atoms with Gasteiger partial charge in [-0.25, -0.2) is 0 Å². The van der Waals surface area contributed by atoms with Crippen LogP contribution in [0.15, 0.2) is 65.8 Å². The molecular formula is C21H15Cl2N3O6. The van der Waals surface area contributed by atoms with Crippen LogP contribution in [-0.4, -0.2) is 16.1 Å². The Hall–Kier alpha value is -3.69. The molecule has 0 spiro atoms. The average Bonchev–Trinajstić information content (AvgIpc) is 2.76. The Morgan fingerprint density at radius 2 is 1.50 bits per heavy atom. The largest absolute Gasteiger partial charge is 0.486 e. The minimum atomic E-state index is -0.484. The summed E-state index contributed by atoms with van der Waals surface area (Å²) in [5.74, 6) is 0.265. The number of rotatable bonds is 9. The standard InChI is InChI=1S/C21H15Cl2N3O6/c22-19-9-16(11-24-32-13-15-2-1-3-18(8-15)26(29)30)10-20(23)21(19)31-12-14-4-6-17(7-5-14)25(27)28/h1-11H,12-13H2/b24-11-. The molecular weight excluding hydrogens is 461 g/mol. The van der Waals surface area contributed by atoms with Crippen molar-refractivity contribution >= 4 is 40.8 Å². The SMILES string of the molecule is O=[N+]([O-])c1ccc(COc2c(Cl)cc(/C=N\OCc3cccc([N+](=O)[O-])c3)cc2Cl)cc1. The zero-order chi connectivity index (χ0) is 23.1. The zero-order valence-electron chi connectivity index (χ0n) is 16.3. The number of nitrogens with zero attached hydrogens (tertiary/aromatic N) is 3. The third-order valence-electron chi connectivity index (χ3n) is 4.18. The Morgan fingerprint density at radius 3 is 2.12 bits per heavy atom. The lowest BCUT2D eigenvalue weighted by Gasteiger charge is -2.11. The molecule has 0 aromatic heterocycles. The quantitative estimate of drug-likeness (QED) is 0.214. The van der Waals surface area contributed by atoms with Gasteiger partial charge in [0.25, 0.3) is 11.4 Å². The minimum absolute atomic E-state index is 0.0128. The first kappa shape index (κ1) is 23.0. The number of benzene rings is 3. The van der Waals surface area contributed by atoms with Crippen molar-refractivity contribution in [1.82, 2.24) is 0 Å². The van der Waals surface area contributed by atoms with Gasteiger partial charge in [-0.05, 0) is 41.0 Å². The van der Waals surface area contributed by atoms with Crippen LogP contribution in [0, 0.1) is 20.2 Å². The third-order valence-corrected chi connectivity index (χ3v) is 4.74. The topological polar surface area (TPSA) is 117 Å². The summed E-state index contributed by atoms with van der Waals surface area (Å²) in [6, 6.07) is 15.1. The van der Waals surface area contributed by atoms with Gasteiger partial charge in [0.15, 0.2) is 5.75 Å². The normalized spacial score (nSPS) is 10.8. The molecule has 0 atom stereocenters. The smallest absolute Gasteiger partial charge is 0.269 e. The van der Waals surface area contributed by atoms with Gasteiger partial charge < -0.3 is 9.57 Å². The second-order valence-corrected chi connectivity index (χ2v) is 7.28. The number of nitro benzene ring substituents is 2. The van der Waals surface area contributed by atoms with E-state index < -0.39 is 9.85 Å². The molecule has 0 amide bonds. The fourth-order valence-corrected chi connectivity index (χ4v) is 3.24. The molecule has 0 fully saturated rings. The van der Waals surface area contributed by atoms with Gasteiger partial charge in [-0.2, -0.15) is 0 Å². The maximum Gasteiger partial charge on any atom is 0.269 e.